The second kappa shape index (κ2) is 6.94. The van der Waals surface area contributed by atoms with Gasteiger partial charge in [-0.1, -0.05) is 32.9 Å². The summed E-state index contributed by atoms with van der Waals surface area (Å²) >= 11 is 0. The van der Waals surface area contributed by atoms with Gasteiger partial charge in [-0.05, 0) is 48.3 Å². The first kappa shape index (κ1) is 19.3. The summed E-state index contributed by atoms with van der Waals surface area (Å²) in [4.78, 5) is 38.6. The van der Waals surface area contributed by atoms with E-state index in [2.05, 4.69) is 31.4 Å². The van der Waals surface area contributed by atoms with Gasteiger partial charge in [0.1, 0.15) is 17.9 Å². The van der Waals surface area contributed by atoms with Crippen molar-refractivity contribution >= 4 is 17.8 Å². The number of nitrogens with zero attached hydrogens (tertiary/aromatic N) is 1. The third kappa shape index (κ3) is 4.12. The van der Waals surface area contributed by atoms with Gasteiger partial charge in [-0.15, -0.1) is 0 Å². The van der Waals surface area contributed by atoms with Gasteiger partial charge in [-0.2, -0.15) is 0 Å². The molecule has 4 amide bonds. The number of urea groups is 1. The van der Waals surface area contributed by atoms with Crippen LogP contribution in [0, 0.1) is 17.2 Å². The molecule has 1 aliphatic heterocycles. The minimum Gasteiger partial charge on any atom is -0.350 e. The van der Waals surface area contributed by atoms with Crippen LogP contribution < -0.4 is 10.6 Å². The third-order valence-corrected chi connectivity index (χ3v) is 5.33. The molecule has 1 aromatic carbocycles. The van der Waals surface area contributed by atoms with Crippen LogP contribution in [-0.2, 0) is 16.1 Å². The van der Waals surface area contributed by atoms with Gasteiger partial charge in [0.25, 0.3) is 5.91 Å². The van der Waals surface area contributed by atoms with Crippen LogP contribution in [0.5, 0.6) is 0 Å². The highest BCUT2D eigenvalue weighted by atomic mass is 19.1. The highest BCUT2D eigenvalue weighted by Gasteiger charge is 2.56. The monoisotopic (exact) mass is 375 g/mol. The molecule has 2 N–H and O–H groups in total. The van der Waals surface area contributed by atoms with Crippen LogP contribution in [0.2, 0.25) is 0 Å². The quantitative estimate of drug-likeness (QED) is 0.794. The predicted octanol–water partition coefficient (Wildman–Crippen LogP) is 2.58. The van der Waals surface area contributed by atoms with Crippen molar-refractivity contribution in [2.75, 3.05) is 6.54 Å². The summed E-state index contributed by atoms with van der Waals surface area (Å²) in [5.41, 5.74) is -0.224. The summed E-state index contributed by atoms with van der Waals surface area (Å²) in [5, 5.41) is 5.52. The second-order valence-corrected chi connectivity index (χ2v) is 8.66. The number of hydrogen-bond acceptors (Lipinski definition) is 3. The molecule has 2 aliphatic rings. The fourth-order valence-electron chi connectivity index (χ4n) is 4.65. The maximum Gasteiger partial charge on any atom is 0.325 e. The summed E-state index contributed by atoms with van der Waals surface area (Å²) < 4.78 is 12.9. The standard InChI is InChI=1S/C20H26FN3O3/c1-13-8-19(2,3)12-20(9-13)17(26)24(18(27)23-20)11-16(25)22-10-14-4-6-15(21)7-5-14/h4-7,13H,8-12H2,1-3H3,(H,22,25)(H,23,27)/t13-,20-/m0/s1. The summed E-state index contributed by atoms with van der Waals surface area (Å²) in [7, 11) is 0. The Hall–Kier alpha value is -2.44. The van der Waals surface area contributed by atoms with Crippen LogP contribution in [0.15, 0.2) is 24.3 Å². The zero-order chi connectivity index (χ0) is 19.8. The molecule has 0 bridgehead atoms. The Morgan fingerprint density at radius 3 is 2.56 bits per heavy atom. The van der Waals surface area contributed by atoms with E-state index in [0.717, 1.165) is 16.9 Å². The number of amides is 4. The van der Waals surface area contributed by atoms with Gasteiger partial charge in [0.15, 0.2) is 0 Å². The van der Waals surface area contributed by atoms with Gasteiger partial charge >= 0.3 is 6.03 Å². The van der Waals surface area contributed by atoms with Crippen LogP contribution in [0.1, 0.15) is 45.6 Å². The lowest BCUT2D eigenvalue weighted by Crippen LogP contribution is -2.54. The van der Waals surface area contributed by atoms with Gasteiger partial charge in [0, 0.05) is 6.54 Å². The van der Waals surface area contributed by atoms with Crippen LogP contribution in [-0.4, -0.2) is 34.8 Å². The predicted molar refractivity (Wildman–Crippen MR) is 98.0 cm³/mol. The Balaban J connectivity index is 1.63. The first-order valence-electron chi connectivity index (χ1n) is 9.25. The molecule has 6 nitrogen and oxygen atoms in total. The highest BCUT2D eigenvalue weighted by Crippen LogP contribution is 2.46. The first-order valence-corrected chi connectivity index (χ1v) is 9.25. The average Bonchev–Trinajstić information content (AvgIpc) is 2.76. The van der Waals surface area contributed by atoms with E-state index in [9.17, 15) is 18.8 Å². The summed E-state index contributed by atoms with van der Waals surface area (Å²) in [6, 6.07) is 5.26. The molecule has 2 fully saturated rings. The van der Waals surface area contributed by atoms with Crippen LogP contribution in [0.4, 0.5) is 9.18 Å². The topological polar surface area (TPSA) is 78.5 Å². The number of benzene rings is 1. The Morgan fingerprint density at radius 1 is 1.26 bits per heavy atom. The molecule has 3 rings (SSSR count). The number of hydrogen-bond donors (Lipinski definition) is 2. The first-order chi connectivity index (χ1) is 12.6. The fraction of sp³-hybridized carbons (Fsp3) is 0.550. The Bertz CT molecular complexity index is 762. The molecular formula is C20H26FN3O3. The molecule has 1 saturated heterocycles. The molecular weight excluding hydrogens is 349 g/mol. The molecule has 1 saturated carbocycles. The molecule has 1 spiro atoms. The number of nitrogens with one attached hydrogen (secondary N) is 2. The smallest absolute Gasteiger partial charge is 0.325 e. The molecule has 146 valence electrons. The van der Waals surface area contributed by atoms with E-state index >= 15 is 0 Å². The van der Waals surface area contributed by atoms with Gasteiger partial charge in [0.2, 0.25) is 5.91 Å². The SMILES string of the molecule is C[C@H]1CC(C)(C)C[C@]2(C1)NC(=O)N(CC(=O)NCc1ccc(F)cc1)C2=O. The Morgan fingerprint density at radius 2 is 1.93 bits per heavy atom. The zero-order valence-corrected chi connectivity index (χ0v) is 16.0. The minimum absolute atomic E-state index is 0.0541. The van der Waals surface area contributed by atoms with E-state index in [-0.39, 0.29) is 30.2 Å². The van der Waals surface area contributed by atoms with Crippen LogP contribution >= 0.6 is 0 Å². The Kier molecular flexibility index (Phi) is 4.97. The molecule has 1 heterocycles. The summed E-state index contributed by atoms with van der Waals surface area (Å²) in [6.45, 7) is 6.17. The molecule has 27 heavy (non-hydrogen) atoms. The van der Waals surface area contributed by atoms with Crippen molar-refractivity contribution in [3.8, 4) is 0 Å². The van der Waals surface area contributed by atoms with Crippen molar-refractivity contribution in [2.24, 2.45) is 11.3 Å². The Labute approximate surface area is 158 Å². The number of carbonyl (C=O) groups is 3. The van der Waals surface area contributed by atoms with Gasteiger partial charge in [-0.25, -0.2) is 9.18 Å². The number of halogens is 1. The van der Waals surface area contributed by atoms with Crippen molar-refractivity contribution in [2.45, 2.75) is 52.1 Å². The zero-order valence-electron chi connectivity index (χ0n) is 16.0. The van der Waals surface area contributed by atoms with Crippen molar-refractivity contribution in [3.05, 3.63) is 35.6 Å². The molecule has 1 aliphatic carbocycles. The van der Waals surface area contributed by atoms with Crippen molar-refractivity contribution in [1.82, 2.24) is 15.5 Å². The molecule has 1 aromatic rings. The average molecular weight is 375 g/mol. The van der Waals surface area contributed by atoms with E-state index < -0.39 is 17.5 Å². The normalized spacial score (nSPS) is 27.0. The van der Waals surface area contributed by atoms with Crippen LogP contribution in [0.3, 0.4) is 0 Å². The van der Waals surface area contributed by atoms with E-state index in [1.807, 2.05) is 0 Å². The second-order valence-electron chi connectivity index (χ2n) is 8.66. The van der Waals surface area contributed by atoms with Gasteiger partial charge < -0.3 is 10.6 Å². The van der Waals surface area contributed by atoms with E-state index in [0.29, 0.717) is 18.8 Å². The number of carbonyl (C=O) groups excluding carboxylic acids is 3. The number of imide groups is 1. The maximum absolute atomic E-state index is 13.0. The molecule has 2 atom stereocenters. The van der Waals surface area contributed by atoms with E-state index in [4.69, 9.17) is 0 Å². The number of rotatable bonds is 4. The third-order valence-electron chi connectivity index (χ3n) is 5.33. The van der Waals surface area contributed by atoms with Gasteiger partial charge in [0.05, 0.1) is 0 Å². The summed E-state index contributed by atoms with van der Waals surface area (Å²) in [6.07, 6.45) is 2.16. The van der Waals surface area contributed by atoms with Crippen LogP contribution in [0.25, 0.3) is 0 Å². The van der Waals surface area contributed by atoms with Crippen molar-refractivity contribution in [1.29, 1.82) is 0 Å². The lowest BCUT2D eigenvalue weighted by Gasteiger charge is -2.43. The lowest BCUT2D eigenvalue weighted by atomic mass is 9.64. The minimum atomic E-state index is -0.907. The summed E-state index contributed by atoms with van der Waals surface area (Å²) in [5.74, 6) is -0.781. The fourth-order valence-corrected chi connectivity index (χ4v) is 4.65. The molecule has 7 heteroatoms. The van der Waals surface area contributed by atoms with Crippen molar-refractivity contribution in [3.63, 3.8) is 0 Å². The molecule has 0 aromatic heterocycles. The lowest BCUT2D eigenvalue weighted by molar-refractivity contribution is -0.137. The molecule has 0 unspecified atom stereocenters. The van der Waals surface area contributed by atoms with E-state index in [1.165, 1.54) is 12.1 Å². The largest absolute Gasteiger partial charge is 0.350 e. The maximum atomic E-state index is 13.0. The van der Waals surface area contributed by atoms with E-state index in [1.54, 1.807) is 12.1 Å². The van der Waals surface area contributed by atoms with Gasteiger partial charge in [-0.3, -0.25) is 14.5 Å². The molecule has 0 radical (unpaired) electrons. The van der Waals surface area contributed by atoms with Crippen molar-refractivity contribution < 1.29 is 18.8 Å². The highest BCUT2D eigenvalue weighted by molar-refractivity contribution is 6.09.